The summed E-state index contributed by atoms with van der Waals surface area (Å²) in [5.74, 6) is 0. The summed E-state index contributed by atoms with van der Waals surface area (Å²) in [7, 11) is 0. The standard InChI is InChI=1S/C13H14ClNS2/c1-13(2,3)17-12-15-11(8-16-12)9-4-6-10(14)7-5-9/h4-8H,1-3H3. The molecule has 0 saturated carbocycles. The van der Waals surface area contributed by atoms with Gasteiger partial charge in [-0.05, 0) is 12.1 Å². The zero-order chi connectivity index (χ0) is 12.5. The summed E-state index contributed by atoms with van der Waals surface area (Å²) in [5, 5.41) is 2.85. The molecule has 0 aliphatic heterocycles. The van der Waals surface area contributed by atoms with Gasteiger partial charge in [0.05, 0.1) is 5.69 Å². The maximum atomic E-state index is 5.87. The Kier molecular flexibility index (Phi) is 3.81. The highest BCUT2D eigenvalue weighted by Gasteiger charge is 2.15. The van der Waals surface area contributed by atoms with Crippen LogP contribution in [0.15, 0.2) is 34.0 Å². The van der Waals surface area contributed by atoms with Crippen LogP contribution in [0.25, 0.3) is 11.3 Å². The summed E-state index contributed by atoms with van der Waals surface area (Å²) in [6.07, 6.45) is 0. The number of rotatable bonds is 2. The molecule has 1 heterocycles. The van der Waals surface area contributed by atoms with Gasteiger partial charge < -0.3 is 0 Å². The zero-order valence-electron chi connectivity index (χ0n) is 10.0. The van der Waals surface area contributed by atoms with Crippen molar-refractivity contribution in [3.63, 3.8) is 0 Å². The second-order valence-electron chi connectivity index (χ2n) is 4.72. The number of benzene rings is 1. The fourth-order valence-electron chi connectivity index (χ4n) is 1.32. The number of aromatic nitrogens is 1. The highest BCUT2D eigenvalue weighted by atomic mass is 35.5. The van der Waals surface area contributed by atoms with Gasteiger partial charge in [-0.3, -0.25) is 0 Å². The molecular formula is C13H14ClNS2. The van der Waals surface area contributed by atoms with E-state index in [-0.39, 0.29) is 4.75 Å². The van der Waals surface area contributed by atoms with Crippen molar-refractivity contribution < 1.29 is 0 Å². The molecule has 0 unspecified atom stereocenters. The van der Waals surface area contributed by atoms with Crippen molar-refractivity contribution in [1.29, 1.82) is 0 Å². The van der Waals surface area contributed by atoms with Crippen LogP contribution in [0.5, 0.6) is 0 Å². The summed E-state index contributed by atoms with van der Waals surface area (Å²) in [6.45, 7) is 6.59. The molecular weight excluding hydrogens is 270 g/mol. The second-order valence-corrected chi connectivity index (χ2v) is 8.09. The minimum atomic E-state index is 0.203. The lowest BCUT2D eigenvalue weighted by molar-refractivity contribution is 0.802. The van der Waals surface area contributed by atoms with Gasteiger partial charge in [0.2, 0.25) is 0 Å². The lowest BCUT2D eigenvalue weighted by Crippen LogP contribution is -2.06. The molecule has 0 aliphatic carbocycles. The van der Waals surface area contributed by atoms with Crippen LogP contribution < -0.4 is 0 Å². The molecule has 0 atom stereocenters. The molecule has 0 radical (unpaired) electrons. The van der Waals surface area contributed by atoms with Crippen molar-refractivity contribution in [2.45, 2.75) is 29.9 Å². The quantitative estimate of drug-likeness (QED) is 0.689. The van der Waals surface area contributed by atoms with Gasteiger partial charge >= 0.3 is 0 Å². The predicted octanol–water partition coefficient (Wildman–Crippen LogP) is 5.35. The number of nitrogens with zero attached hydrogens (tertiary/aromatic N) is 1. The first-order valence-electron chi connectivity index (χ1n) is 5.34. The number of thioether (sulfide) groups is 1. The van der Waals surface area contributed by atoms with Gasteiger partial charge in [-0.15, -0.1) is 11.3 Å². The molecule has 2 rings (SSSR count). The maximum Gasteiger partial charge on any atom is 0.151 e. The molecule has 1 aromatic heterocycles. The largest absolute Gasteiger partial charge is 0.230 e. The first kappa shape index (κ1) is 12.9. The minimum Gasteiger partial charge on any atom is -0.230 e. The van der Waals surface area contributed by atoms with Crippen molar-refractivity contribution in [2.24, 2.45) is 0 Å². The predicted molar refractivity (Wildman–Crippen MR) is 78.2 cm³/mol. The first-order chi connectivity index (χ1) is 7.94. The van der Waals surface area contributed by atoms with E-state index in [9.17, 15) is 0 Å². The summed E-state index contributed by atoms with van der Waals surface area (Å²) < 4.78 is 1.32. The van der Waals surface area contributed by atoms with E-state index in [0.29, 0.717) is 0 Å². The monoisotopic (exact) mass is 283 g/mol. The van der Waals surface area contributed by atoms with Crippen LogP contribution in [0.1, 0.15) is 20.8 Å². The Bertz CT molecular complexity index is 497. The van der Waals surface area contributed by atoms with Crippen molar-refractivity contribution >= 4 is 34.7 Å². The van der Waals surface area contributed by atoms with Crippen LogP contribution in [-0.2, 0) is 0 Å². The van der Waals surface area contributed by atoms with Gasteiger partial charge in [-0.2, -0.15) is 0 Å². The van der Waals surface area contributed by atoms with E-state index in [2.05, 4.69) is 31.1 Å². The van der Waals surface area contributed by atoms with Gasteiger partial charge in [-0.25, -0.2) is 4.98 Å². The molecule has 0 N–H and O–H groups in total. The molecule has 1 aromatic carbocycles. The molecule has 90 valence electrons. The van der Waals surface area contributed by atoms with Gasteiger partial charge in [-0.1, -0.05) is 56.3 Å². The van der Waals surface area contributed by atoms with Crippen LogP contribution in [-0.4, -0.2) is 9.73 Å². The van der Waals surface area contributed by atoms with Crippen LogP contribution >= 0.6 is 34.7 Å². The van der Waals surface area contributed by atoms with E-state index >= 15 is 0 Å². The van der Waals surface area contributed by atoms with Crippen LogP contribution in [0.2, 0.25) is 5.02 Å². The van der Waals surface area contributed by atoms with E-state index in [1.54, 1.807) is 23.1 Å². The minimum absolute atomic E-state index is 0.203. The van der Waals surface area contributed by atoms with Crippen molar-refractivity contribution in [2.75, 3.05) is 0 Å². The third-order valence-electron chi connectivity index (χ3n) is 2.02. The summed E-state index contributed by atoms with van der Waals surface area (Å²) in [4.78, 5) is 4.63. The summed E-state index contributed by atoms with van der Waals surface area (Å²) in [6, 6.07) is 7.80. The Hall–Kier alpha value is -0.510. The summed E-state index contributed by atoms with van der Waals surface area (Å²) >= 11 is 9.36. The summed E-state index contributed by atoms with van der Waals surface area (Å²) in [5.41, 5.74) is 2.14. The van der Waals surface area contributed by atoms with Crippen LogP contribution in [0.3, 0.4) is 0 Å². The van der Waals surface area contributed by atoms with E-state index in [0.717, 1.165) is 20.6 Å². The Labute approximate surface area is 115 Å². The molecule has 0 fully saturated rings. The molecule has 0 amide bonds. The van der Waals surface area contributed by atoms with E-state index in [1.165, 1.54) is 0 Å². The van der Waals surface area contributed by atoms with Gasteiger partial charge in [0.15, 0.2) is 4.34 Å². The molecule has 0 spiro atoms. The third-order valence-corrected chi connectivity index (χ3v) is 4.32. The smallest absolute Gasteiger partial charge is 0.151 e. The first-order valence-corrected chi connectivity index (χ1v) is 7.42. The van der Waals surface area contributed by atoms with Gasteiger partial charge in [0, 0.05) is 20.7 Å². The SMILES string of the molecule is CC(C)(C)Sc1nc(-c2ccc(Cl)cc2)cs1. The molecule has 1 nitrogen and oxygen atoms in total. The molecule has 0 saturated heterocycles. The van der Waals surface area contributed by atoms with E-state index in [4.69, 9.17) is 11.6 Å². The fraction of sp³-hybridized carbons (Fsp3) is 0.308. The number of hydrogen-bond donors (Lipinski definition) is 0. The number of thiazole rings is 1. The lowest BCUT2D eigenvalue weighted by Gasteiger charge is -2.14. The molecule has 4 heteroatoms. The maximum absolute atomic E-state index is 5.87. The fourth-order valence-corrected chi connectivity index (χ4v) is 3.75. The van der Waals surface area contributed by atoms with Crippen molar-refractivity contribution in [3.8, 4) is 11.3 Å². The van der Waals surface area contributed by atoms with E-state index < -0.39 is 0 Å². The number of hydrogen-bond acceptors (Lipinski definition) is 3. The van der Waals surface area contributed by atoms with Crippen LogP contribution in [0.4, 0.5) is 0 Å². The van der Waals surface area contributed by atoms with Crippen LogP contribution in [0, 0.1) is 0 Å². The van der Waals surface area contributed by atoms with Crippen molar-refractivity contribution in [3.05, 3.63) is 34.7 Å². The Balaban J connectivity index is 2.21. The average molecular weight is 284 g/mol. The third kappa shape index (κ3) is 3.73. The molecule has 0 aliphatic rings. The Morgan fingerprint density at radius 3 is 2.41 bits per heavy atom. The number of halogens is 1. The average Bonchev–Trinajstić information content (AvgIpc) is 2.64. The van der Waals surface area contributed by atoms with Gasteiger partial charge in [0.25, 0.3) is 0 Å². The Morgan fingerprint density at radius 2 is 1.82 bits per heavy atom. The molecule has 0 bridgehead atoms. The normalized spacial score (nSPS) is 11.8. The lowest BCUT2D eigenvalue weighted by atomic mass is 10.2. The molecule has 2 aromatic rings. The molecule has 17 heavy (non-hydrogen) atoms. The topological polar surface area (TPSA) is 12.9 Å². The van der Waals surface area contributed by atoms with Crippen molar-refractivity contribution in [1.82, 2.24) is 4.98 Å². The highest BCUT2D eigenvalue weighted by Crippen LogP contribution is 2.36. The Morgan fingerprint density at radius 1 is 1.18 bits per heavy atom. The zero-order valence-corrected chi connectivity index (χ0v) is 12.4. The van der Waals surface area contributed by atoms with Gasteiger partial charge in [0.1, 0.15) is 0 Å². The second kappa shape index (κ2) is 5.01. The van der Waals surface area contributed by atoms with E-state index in [1.807, 2.05) is 24.3 Å². The highest BCUT2D eigenvalue weighted by molar-refractivity contribution is 8.02.